The van der Waals surface area contributed by atoms with Gasteiger partial charge in [-0.2, -0.15) is 4.99 Å². The van der Waals surface area contributed by atoms with Crippen molar-refractivity contribution in [3.05, 3.63) is 59.2 Å². The number of aliphatic imine (C=N–C) groups is 1. The molecule has 1 heterocycles. The lowest BCUT2D eigenvalue weighted by molar-refractivity contribution is -0.119. The first kappa shape index (κ1) is 16.6. The lowest BCUT2D eigenvalue weighted by Crippen LogP contribution is -2.30. The van der Waals surface area contributed by atoms with Gasteiger partial charge in [0.1, 0.15) is 13.2 Å². The van der Waals surface area contributed by atoms with Crippen LogP contribution in [-0.4, -0.2) is 25.6 Å². The first-order valence-corrected chi connectivity index (χ1v) is 8.70. The number of nitrogens with zero attached hydrogens (tertiary/aromatic N) is 1. The number of hydrogen-bond acceptors (Lipinski definition) is 5. The number of amidine groups is 1. The van der Waals surface area contributed by atoms with Gasteiger partial charge in [0.15, 0.2) is 0 Å². The molecular formula is C20H21N3O3. The van der Waals surface area contributed by atoms with Gasteiger partial charge in [0, 0.05) is 18.4 Å². The van der Waals surface area contributed by atoms with Crippen LogP contribution in [0.25, 0.3) is 0 Å². The fourth-order valence-electron chi connectivity index (χ4n) is 3.43. The van der Waals surface area contributed by atoms with Crippen molar-refractivity contribution in [2.45, 2.75) is 25.5 Å². The monoisotopic (exact) mass is 351 g/mol. The number of benzene rings is 2. The van der Waals surface area contributed by atoms with Crippen molar-refractivity contribution in [3.8, 4) is 0 Å². The highest BCUT2D eigenvalue weighted by atomic mass is 16.5. The predicted molar refractivity (Wildman–Crippen MR) is 99.5 cm³/mol. The Morgan fingerprint density at radius 3 is 3.04 bits per heavy atom. The fourth-order valence-corrected chi connectivity index (χ4v) is 3.43. The molecule has 0 saturated carbocycles. The third-order valence-electron chi connectivity index (χ3n) is 4.66. The normalized spacial score (nSPS) is 17.6. The van der Waals surface area contributed by atoms with E-state index < -0.39 is 0 Å². The molecule has 1 aliphatic carbocycles. The van der Waals surface area contributed by atoms with E-state index in [1.54, 1.807) is 0 Å². The molecule has 2 aliphatic rings. The minimum absolute atomic E-state index is 0.0304. The van der Waals surface area contributed by atoms with Gasteiger partial charge in [-0.3, -0.25) is 4.79 Å². The van der Waals surface area contributed by atoms with Crippen LogP contribution >= 0.6 is 0 Å². The molecule has 134 valence electrons. The Kier molecular flexibility index (Phi) is 4.58. The molecule has 2 aromatic rings. The van der Waals surface area contributed by atoms with Crippen LogP contribution in [0.3, 0.4) is 0 Å². The predicted octanol–water partition coefficient (Wildman–Crippen LogP) is 3.07. The van der Waals surface area contributed by atoms with Crippen LogP contribution in [0.15, 0.2) is 47.5 Å². The third kappa shape index (κ3) is 3.41. The van der Waals surface area contributed by atoms with Crippen molar-refractivity contribution in [1.29, 1.82) is 0 Å². The van der Waals surface area contributed by atoms with Gasteiger partial charge in [-0.1, -0.05) is 24.3 Å². The Balaban J connectivity index is 1.47. The van der Waals surface area contributed by atoms with Crippen LogP contribution in [-0.2, 0) is 27.3 Å². The Labute approximate surface area is 152 Å². The molecule has 6 nitrogen and oxygen atoms in total. The highest BCUT2D eigenvalue weighted by Crippen LogP contribution is 2.32. The van der Waals surface area contributed by atoms with E-state index in [2.05, 4.69) is 39.9 Å². The number of methoxy groups -OCH3 is 1. The Morgan fingerprint density at radius 1 is 1.27 bits per heavy atom. The Bertz CT molecular complexity index is 863. The van der Waals surface area contributed by atoms with Gasteiger partial charge in [-0.15, -0.1) is 0 Å². The zero-order valence-electron chi connectivity index (χ0n) is 14.6. The summed E-state index contributed by atoms with van der Waals surface area (Å²) in [7, 11) is 1.49. The number of anilines is 1. The van der Waals surface area contributed by atoms with Gasteiger partial charge in [0.25, 0.3) is 6.02 Å². The number of fused-ring (bicyclic) bond motifs is 2. The average Bonchev–Trinajstić information content (AvgIpc) is 3.05. The van der Waals surface area contributed by atoms with Crippen LogP contribution in [0.5, 0.6) is 0 Å². The van der Waals surface area contributed by atoms with E-state index in [0.717, 1.165) is 24.1 Å². The molecule has 0 unspecified atom stereocenters. The molecule has 0 bridgehead atoms. The number of rotatable bonds is 4. The van der Waals surface area contributed by atoms with E-state index >= 15 is 0 Å². The summed E-state index contributed by atoms with van der Waals surface area (Å²) in [5, 5.41) is 6.21. The number of hydrogen-bond donors (Lipinski definition) is 2. The molecule has 4 rings (SSSR count). The van der Waals surface area contributed by atoms with E-state index in [1.807, 2.05) is 18.2 Å². The topological polar surface area (TPSA) is 72.0 Å². The molecule has 26 heavy (non-hydrogen) atoms. The molecule has 1 aliphatic heterocycles. The van der Waals surface area contributed by atoms with E-state index in [1.165, 1.54) is 18.2 Å². The maximum absolute atomic E-state index is 11.6. The van der Waals surface area contributed by atoms with Gasteiger partial charge in [0.2, 0.25) is 5.91 Å². The van der Waals surface area contributed by atoms with Gasteiger partial charge < -0.3 is 20.1 Å². The molecule has 6 heteroatoms. The Morgan fingerprint density at radius 2 is 2.15 bits per heavy atom. The van der Waals surface area contributed by atoms with Gasteiger partial charge >= 0.3 is 0 Å². The van der Waals surface area contributed by atoms with Gasteiger partial charge in [-0.05, 0) is 42.2 Å². The van der Waals surface area contributed by atoms with E-state index in [-0.39, 0.29) is 18.6 Å². The molecule has 1 amide bonds. The number of carbonyl (C=O) groups is 1. The molecule has 0 radical (unpaired) electrons. The first-order chi connectivity index (χ1) is 12.7. The van der Waals surface area contributed by atoms with Crippen LogP contribution < -0.4 is 10.6 Å². The second-order valence-corrected chi connectivity index (χ2v) is 6.46. The number of amides is 1. The summed E-state index contributed by atoms with van der Waals surface area (Å²) in [6, 6.07) is 14.9. The maximum atomic E-state index is 11.6. The molecule has 0 aromatic heterocycles. The molecule has 0 fully saturated rings. The van der Waals surface area contributed by atoms with E-state index in [0.29, 0.717) is 18.3 Å². The zero-order chi connectivity index (χ0) is 17.9. The molecule has 0 saturated heterocycles. The second-order valence-electron chi connectivity index (χ2n) is 6.46. The van der Waals surface area contributed by atoms with E-state index in [4.69, 9.17) is 9.47 Å². The third-order valence-corrected chi connectivity index (χ3v) is 4.66. The summed E-state index contributed by atoms with van der Waals surface area (Å²) < 4.78 is 10.6. The van der Waals surface area contributed by atoms with Crippen LogP contribution in [0.2, 0.25) is 0 Å². The Hall–Kier alpha value is -2.86. The quantitative estimate of drug-likeness (QED) is 0.888. The average molecular weight is 351 g/mol. The summed E-state index contributed by atoms with van der Waals surface area (Å²) in [5.41, 5.74) is 5.22. The minimum Gasteiger partial charge on any atom is -0.460 e. The standard InChI is InChI=1S/C20H21N3O3/c1-25-12-19(24)21-15-7-9-17-14(10-15)11-26-20(22-17)23-18-8-6-13-4-2-3-5-16(13)18/h2-5,7,9-10,18H,6,8,11-12H2,1H3,(H,21,24)(H,22,23)/t18-/m1/s1. The largest absolute Gasteiger partial charge is 0.460 e. The van der Waals surface area contributed by atoms with Crippen molar-refractivity contribution >= 4 is 23.3 Å². The van der Waals surface area contributed by atoms with Crippen molar-refractivity contribution in [2.75, 3.05) is 19.0 Å². The van der Waals surface area contributed by atoms with E-state index in [9.17, 15) is 4.79 Å². The lowest BCUT2D eigenvalue weighted by Gasteiger charge is -2.22. The van der Waals surface area contributed by atoms with Gasteiger partial charge in [0.05, 0.1) is 11.7 Å². The van der Waals surface area contributed by atoms with Crippen LogP contribution in [0, 0.1) is 0 Å². The number of nitrogens with one attached hydrogen (secondary N) is 2. The van der Waals surface area contributed by atoms with Gasteiger partial charge in [-0.25, -0.2) is 0 Å². The van der Waals surface area contributed by atoms with Crippen molar-refractivity contribution < 1.29 is 14.3 Å². The summed E-state index contributed by atoms with van der Waals surface area (Å²) in [4.78, 5) is 16.2. The lowest BCUT2D eigenvalue weighted by atomic mass is 10.1. The highest BCUT2D eigenvalue weighted by molar-refractivity contribution is 5.92. The summed E-state index contributed by atoms with van der Waals surface area (Å²) in [5.74, 6) is -0.185. The molecule has 0 spiro atoms. The smallest absolute Gasteiger partial charge is 0.290 e. The summed E-state index contributed by atoms with van der Waals surface area (Å²) in [6.45, 7) is 0.451. The second kappa shape index (κ2) is 7.17. The summed E-state index contributed by atoms with van der Waals surface area (Å²) >= 11 is 0. The number of carbonyl (C=O) groups excluding carboxylic acids is 1. The number of ether oxygens (including phenoxy) is 2. The van der Waals surface area contributed by atoms with Crippen molar-refractivity contribution in [1.82, 2.24) is 5.32 Å². The minimum atomic E-state index is -0.185. The molecular weight excluding hydrogens is 330 g/mol. The van der Waals surface area contributed by atoms with Crippen molar-refractivity contribution in [2.24, 2.45) is 4.99 Å². The first-order valence-electron chi connectivity index (χ1n) is 8.70. The van der Waals surface area contributed by atoms with Crippen LogP contribution in [0.4, 0.5) is 11.4 Å². The summed E-state index contributed by atoms with van der Waals surface area (Å²) in [6.07, 6.45) is 2.11. The molecule has 2 N–H and O–H groups in total. The number of aryl methyl sites for hydroxylation is 1. The molecule has 1 atom stereocenters. The van der Waals surface area contributed by atoms with Crippen molar-refractivity contribution in [3.63, 3.8) is 0 Å². The highest BCUT2D eigenvalue weighted by Gasteiger charge is 2.24. The molecule has 2 aromatic carbocycles. The zero-order valence-corrected chi connectivity index (χ0v) is 14.6. The van der Waals surface area contributed by atoms with Crippen LogP contribution in [0.1, 0.15) is 29.2 Å². The fraction of sp³-hybridized carbons (Fsp3) is 0.300. The SMILES string of the molecule is COCC(=O)Nc1ccc2c(c1)COC(N[C@@H]1CCc3ccccc31)=N2. The maximum Gasteiger partial charge on any atom is 0.290 e.